The first-order chi connectivity index (χ1) is 3.31. The van der Waals surface area contributed by atoms with Gasteiger partial charge < -0.3 is 4.74 Å². The fraction of sp³-hybridized carbons (Fsp3) is 0.600. The van der Waals surface area contributed by atoms with Gasteiger partial charge in [0.25, 0.3) is 0 Å². The van der Waals surface area contributed by atoms with Crippen molar-refractivity contribution in [1.82, 2.24) is 0 Å². The highest BCUT2D eigenvalue weighted by molar-refractivity contribution is 6.08. The topological polar surface area (TPSA) is 9.23 Å². The standard InChI is InChI=1S/C5H12OSi/c1-3-5(2)6-4-7/h3,5H,1,4H2,2,7H3. The van der Waals surface area contributed by atoms with Gasteiger partial charge in [-0.15, -0.1) is 6.58 Å². The molecule has 0 aromatic rings. The van der Waals surface area contributed by atoms with Crippen LogP contribution in [0.1, 0.15) is 6.92 Å². The maximum atomic E-state index is 5.13. The number of rotatable bonds is 3. The third-order valence-electron chi connectivity index (χ3n) is 0.761. The van der Waals surface area contributed by atoms with E-state index in [1.54, 1.807) is 6.08 Å². The fourth-order valence-corrected chi connectivity index (χ4v) is 0.857. The van der Waals surface area contributed by atoms with E-state index in [0.29, 0.717) is 0 Å². The van der Waals surface area contributed by atoms with Crippen LogP contribution in [0.15, 0.2) is 12.7 Å². The summed E-state index contributed by atoms with van der Waals surface area (Å²) in [6, 6.07) is 0. The van der Waals surface area contributed by atoms with Gasteiger partial charge in [0.15, 0.2) is 0 Å². The predicted molar refractivity (Wildman–Crippen MR) is 35.5 cm³/mol. The van der Waals surface area contributed by atoms with Gasteiger partial charge in [0.2, 0.25) is 0 Å². The molecule has 1 atom stereocenters. The first kappa shape index (κ1) is 6.92. The molecule has 1 nitrogen and oxygen atoms in total. The van der Waals surface area contributed by atoms with Crippen molar-refractivity contribution in [3.63, 3.8) is 0 Å². The molecule has 1 unspecified atom stereocenters. The number of hydrogen-bond donors (Lipinski definition) is 0. The lowest BCUT2D eigenvalue weighted by Crippen LogP contribution is -2.04. The van der Waals surface area contributed by atoms with Crippen LogP contribution >= 0.6 is 0 Å². The van der Waals surface area contributed by atoms with Gasteiger partial charge in [0.05, 0.1) is 6.10 Å². The monoisotopic (exact) mass is 116 g/mol. The van der Waals surface area contributed by atoms with E-state index in [0.717, 1.165) is 16.5 Å². The molecule has 0 aliphatic rings. The van der Waals surface area contributed by atoms with Crippen LogP contribution in [0.2, 0.25) is 0 Å². The number of ether oxygens (including phenoxy) is 1. The van der Waals surface area contributed by atoms with Crippen molar-refractivity contribution in [3.8, 4) is 0 Å². The van der Waals surface area contributed by atoms with Crippen LogP contribution in [-0.2, 0) is 4.74 Å². The Morgan fingerprint density at radius 3 is 2.71 bits per heavy atom. The third kappa shape index (κ3) is 3.75. The van der Waals surface area contributed by atoms with Crippen molar-refractivity contribution in [2.75, 3.05) is 6.23 Å². The summed E-state index contributed by atoms with van der Waals surface area (Å²) in [5.41, 5.74) is 0. The van der Waals surface area contributed by atoms with Crippen molar-refractivity contribution < 1.29 is 4.74 Å². The van der Waals surface area contributed by atoms with Crippen molar-refractivity contribution in [2.24, 2.45) is 0 Å². The van der Waals surface area contributed by atoms with Gasteiger partial charge in [0.1, 0.15) is 0 Å². The molecule has 0 heterocycles. The minimum Gasteiger partial charge on any atom is -0.379 e. The van der Waals surface area contributed by atoms with E-state index < -0.39 is 0 Å². The zero-order valence-electron chi connectivity index (χ0n) is 4.98. The van der Waals surface area contributed by atoms with Gasteiger partial charge in [-0.3, -0.25) is 0 Å². The fourth-order valence-electron chi connectivity index (χ4n) is 0.331. The van der Waals surface area contributed by atoms with E-state index in [4.69, 9.17) is 4.74 Å². The lowest BCUT2D eigenvalue weighted by Gasteiger charge is -2.02. The quantitative estimate of drug-likeness (QED) is 0.369. The molecule has 42 valence electrons. The summed E-state index contributed by atoms with van der Waals surface area (Å²) >= 11 is 0. The molecule has 0 aromatic carbocycles. The van der Waals surface area contributed by atoms with Gasteiger partial charge in [0, 0.05) is 16.5 Å². The second kappa shape index (κ2) is 4.09. The molecule has 0 spiro atoms. The molecule has 0 amide bonds. The average Bonchev–Trinajstić information content (AvgIpc) is 1.68. The van der Waals surface area contributed by atoms with Crippen LogP contribution in [0, 0.1) is 0 Å². The normalized spacial score (nSPS) is 13.9. The third-order valence-corrected chi connectivity index (χ3v) is 1.09. The van der Waals surface area contributed by atoms with Crippen LogP contribution in [0.5, 0.6) is 0 Å². The molecule has 0 saturated carbocycles. The second-order valence-corrected chi connectivity index (χ2v) is 1.97. The summed E-state index contributed by atoms with van der Waals surface area (Å²) in [6.07, 6.45) is 2.96. The van der Waals surface area contributed by atoms with E-state index in [1.165, 1.54) is 0 Å². The first-order valence-corrected chi connectivity index (χ1v) is 3.96. The predicted octanol–water partition coefficient (Wildman–Crippen LogP) is -0.0996. The molecule has 0 rings (SSSR count). The van der Waals surface area contributed by atoms with Gasteiger partial charge in [-0.05, 0) is 6.92 Å². The lowest BCUT2D eigenvalue weighted by atomic mass is 10.4. The maximum Gasteiger partial charge on any atom is 0.0720 e. The molecule has 0 fully saturated rings. The smallest absolute Gasteiger partial charge is 0.0720 e. The zero-order chi connectivity index (χ0) is 5.70. The molecule has 0 N–H and O–H groups in total. The Bertz CT molecular complexity index is 54.0. The summed E-state index contributed by atoms with van der Waals surface area (Å²) in [5.74, 6) is 0. The SMILES string of the molecule is C=CC(C)OC[SiH3]. The van der Waals surface area contributed by atoms with Crippen molar-refractivity contribution in [2.45, 2.75) is 13.0 Å². The van der Waals surface area contributed by atoms with Crippen molar-refractivity contribution in [3.05, 3.63) is 12.7 Å². The van der Waals surface area contributed by atoms with Crippen LogP contribution in [-0.4, -0.2) is 22.6 Å². The molecular weight excluding hydrogens is 104 g/mol. The van der Waals surface area contributed by atoms with Crippen LogP contribution < -0.4 is 0 Å². The lowest BCUT2D eigenvalue weighted by molar-refractivity contribution is 0.138. The molecule has 0 aromatic heterocycles. The molecule has 0 bridgehead atoms. The molecule has 2 heteroatoms. The minimum atomic E-state index is 0.248. The Morgan fingerprint density at radius 2 is 2.57 bits per heavy atom. The Morgan fingerprint density at radius 1 is 2.00 bits per heavy atom. The number of hydrogen-bond acceptors (Lipinski definition) is 1. The summed E-state index contributed by atoms with van der Waals surface area (Å²) in [5, 5.41) is 0. The molecule has 0 saturated heterocycles. The summed E-state index contributed by atoms with van der Waals surface area (Å²) in [4.78, 5) is 0. The highest BCUT2D eigenvalue weighted by atomic mass is 28.1. The molecule has 7 heavy (non-hydrogen) atoms. The summed E-state index contributed by atoms with van der Waals surface area (Å²) in [7, 11) is 1.12. The van der Waals surface area contributed by atoms with Gasteiger partial charge in [-0.25, -0.2) is 0 Å². The molecule has 0 radical (unpaired) electrons. The molecule has 0 aliphatic heterocycles. The van der Waals surface area contributed by atoms with Gasteiger partial charge in [-0.2, -0.15) is 0 Å². The Hall–Kier alpha value is -0.0831. The van der Waals surface area contributed by atoms with Crippen LogP contribution in [0.25, 0.3) is 0 Å². The van der Waals surface area contributed by atoms with Crippen LogP contribution in [0.3, 0.4) is 0 Å². The van der Waals surface area contributed by atoms with Gasteiger partial charge in [-0.1, -0.05) is 6.08 Å². The minimum absolute atomic E-state index is 0.248. The molecular formula is C5H12OSi. The van der Waals surface area contributed by atoms with Crippen LogP contribution in [0.4, 0.5) is 0 Å². The van der Waals surface area contributed by atoms with E-state index in [2.05, 4.69) is 6.58 Å². The zero-order valence-corrected chi connectivity index (χ0v) is 6.98. The van der Waals surface area contributed by atoms with E-state index in [-0.39, 0.29) is 6.10 Å². The first-order valence-electron chi connectivity index (χ1n) is 2.55. The summed E-state index contributed by atoms with van der Waals surface area (Å²) in [6.45, 7) is 5.56. The Kier molecular flexibility index (Phi) is 4.04. The van der Waals surface area contributed by atoms with E-state index in [9.17, 15) is 0 Å². The van der Waals surface area contributed by atoms with E-state index in [1.807, 2.05) is 6.92 Å². The van der Waals surface area contributed by atoms with Gasteiger partial charge >= 0.3 is 0 Å². The largest absolute Gasteiger partial charge is 0.379 e. The average molecular weight is 116 g/mol. The summed E-state index contributed by atoms with van der Waals surface area (Å²) < 4.78 is 5.13. The Labute approximate surface area is 47.8 Å². The van der Waals surface area contributed by atoms with E-state index >= 15 is 0 Å². The highest BCUT2D eigenvalue weighted by Gasteiger charge is 1.87. The maximum absolute atomic E-state index is 5.13. The highest BCUT2D eigenvalue weighted by Crippen LogP contribution is 1.86. The molecule has 0 aliphatic carbocycles. The van der Waals surface area contributed by atoms with Crippen molar-refractivity contribution in [1.29, 1.82) is 0 Å². The second-order valence-electron chi connectivity index (χ2n) is 1.40. The van der Waals surface area contributed by atoms with Crippen molar-refractivity contribution >= 4 is 10.2 Å². The Balaban J connectivity index is 2.98.